The third-order valence-electron chi connectivity index (χ3n) is 1.86. The molecule has 0 aliphatic heterocycles. The van der Waals surface area contributed by atoms with Crippen molar-refractivity contribution >= 4 is 21.9 Å². The fourth-order valence-corrected chi connectivity index (χ4v) is 1.34. The van der Waals surface area contributed by atoms with E-state index < -0.39 is 0 Å². The molecule has 0 aliphatic carbocycles. The fraction of sp³-hybridized carbons (Fsp3) is 0.250. The molecule has 0 spiro atoms. The van der Waals surface area contributed by atoms with E-state index in [1.165, 1.54) is 7.11 Å². The van der Waals surface area contributed by atoms with E-state index in [9.17, 15) is 4.79 Å². The molecule has 3 heteroatoms. The second-order valence-electron chi connectivity index (χ2n) is 3.02. The van der Waals surface area contributed by atoms with Gasteiger partial charge in [0.05, 0.1) is 7.11 Å². The van der Waals surface area contributed by atoms with Crippen LogP contribution in [0, 0.1) is 18.8 Å². The second-order valence-corrected chi connectivity index (χ2v) is 3.87. The summed E-state index contributed by atoms with van der Waals surface area (Å²) in [6.07, 6.45) is 0.127. The number of halogens is 1. The standard InChI is InChI=1S/C12H11BrO2/c1-9-6-7-10(8-11(9)13)4-3-5-12(14)15-2/h6-8H,5H2,1-2H3. The van der Waals surface area contributed by atoms with Gasteiger partial charge in [0.25, 0.3) is 0 Å². The highest BCUT2D eigenvalue weighted by Gasteiger charge is 1.96. The lowest BCUT2D eigenvalue weighted by atomic mass is 10.1. The zero-order valence-electron chi connectivity index (χ0n) is 8.63. The number of benzene rings is 1. The molecule has 0 aliphatic rings. The first kappa shape index (κ1) is 11.8. The van der Waals surface area contributed by atoms with E-state index in [-0.39, 0.29) is 12.4 Å². The van der Waals surface area contributed by atoms with Crippen molar-refractivity contribution < 1.29 is 9.53 Å². The Balaban J connectivity index is 2.72. The van der Waals surface area contributed by atoms with Gasteiger partial charge in [0.1, 0.15) is 6.42 Å². The quantitative estimate of drug-likeness (QED) is 0.577. The van der Waals surface area contributed by atoms with E-state index in [0.29, 0.717) is 0 Å². The van der Waals surface area contributed by atoms with Gasteiger partial charge >= 0.3 is 5.97 Å². The molecule has 0 heterocycles. The summed E-state index contributed by atoms with van der Waals surface area (Å²) in [6.45, 7) is 2.01. The Kier molecular flexibility index (Phi) is 4.38. The maximum atomic E-state index is 10.8. The van der Waals surface area contributed by atoms with Crippen molar-refractivity contribution in [2.75, 3.05) is 7.11 Å². The van der Waals surface area contributed by atoms with Crippen molar-refractivity contribution in [1.29, 1.82) is 0 Å². The van der Waals surface area contributed by atoms with E-state index in [1.807, 2.05) is 25.1 Å². The summed E-state index contributed by atoms with van der Waals surface area (Å²) < 4.78 is 5.50. The number of carbonyl (C=O) groups is 1. The van der Waals surface area contributed by atoms with Gasteiger partial charge in [0, 0.05) is 10.0 Å². The Hall–Kier alpha value is -1.27. The van der Waals surface area contributed by atoms with Crippen LogP contribution in [0.25, 0.3) is 0 Å². The highest BCUT2D eigenvalue weighted by atomic mass is 79.9. The molecule has 1 rings (SSSR count). The monoisotopic (exact) mass is 266 g/mol. The minimum atomic E-state index is -0.311. The first-order chi connectivity index (χ1) is 7.13. The van der Waals surface area contributed by atoms with Crippen molar-refractivity contribution in [3.05, 3.63) is 33.8 Å². The number of hydrogen-bond acceptors (Lipinski definition) is 2. The van der Waals surface area contributed by atoms with E-state index in [2.05, 4.69) is 32.5 Å². The third kappa shape index (κ3) is 3.77. The summed E-state index contributed by atoms with van der Waals surface area (Å²) in [5.41, 5.74) is 2.05. The van der Waals surface area contributed by atoms with Gasteiger partial charge in [0.15, 0.2) is 0 Å². The maximum absolute atomic E-state index is 10.8. The molecule has 2 nitrogen and oxygen atoms in total. The number of carbonyl (C=O) groups excluding carboxylic acids is 1. The van der Waals surface area contributed by atoms with Gasteiger partial charge in [-0.3, -0.25) is 4.79 Å². The van der Waals surface area contributed by atoms with Crippen LogP contribution >= 0.6 is 15.9 Å². The van der Waals surface area contributed by atoms with Crippen molar-refractivity contribution in [3.8, 4) is 11.8 Å². The molecule has 0 saturated heterocycles. The van der Waals surface area contributed by atoms with Crippen LogP contribution in [-0.2, 0) is 9.53 Å². The summed E-state index contributed by atoms with van der Waals surface area (Å²) in [5.74, 6) is 5.34. The molecule has 0 bridgehead atoms. The van der Waals surface area contributed by atoms with Crippen LogP contribution in [0.1, 0.15) is 17.5 Å². The molecular weight excluding hydrogens is 256 g/mol. The zero-order valence-corrected chi connectivity index (χ0v) is 10.2. The predicted octanol–water partition coefficient (Wildman–Crippen LogP) is 2.67. The Morgan fingerprint density at radius 2 is 2.27 bits per heavy atom. The van der Waals surface area contributed by atoms with Gasteiger partial charge in [-0.1, -0.05) is 33.8 Å². The van der Waals surface area contributed by atoms with Gasteiger partial charge in [-0.2, -0.15) is 0 Å². The average molecular weight is 267 g/mol. The third-order valence-corrected chi connectivity index (χ3v) is 2.72. The van der Waals surface area contributed by atoms with Gasteiger partial charge in [0.2, 0.25) is 0 Å². The first-order valence-electron chi connectivity index (χ1n) is 4.45. The normalized spacial score (nSPS) is 9.00. The lowest BCUT2D eigenvalue weighted by molar-refractivity contribution is -0.139. The summed E-state index contributed by atoms with van der Waals surface area (Å²) in [5, 5.41) is 0. The highest BCUT2D eigenvalue weighted by Crippen LogP contribution is 2.16. The Morgan fingerprint density at radius 1 is 1.53 bits per heavy atom. The molecule has 78 valence electrons. The fourth-order valence-electron chi connectivity index (χ4n) is 0.961. The van der Waals surface area contributed by atoms with E-state index in [0.717, 1.165) is 15.6 Å². The van der Waals surface area contributed by atoms with Crippen LogP contribution < -0.4 is 0 Å². The van der Waals surface area contributed by atoms with E-state index in [4.69, 9.17) is 0 Å². The molecule has 0 N–H and O–H groups in total. The molecule has 0 fully saturated rings. The van der Waals surface area contributed by atoms with Crippen LogP contribution in [0.15, 0.2) is 22.7 Å². The summed E-state index contributed by atoms with van der Waals surface area (Å²) in [7, 11) is 1.35. The molecule has 0 unspecified atom stereocenters. The number of rotatable bonds is 1. The van der Waals surface area contributed by atoms with Crippen LogP contribution in [0.2, 0.25) is 0 Å². The summed E-state index contributed by atoms with van der Waals surface area (Å²) in [4.78, 5) is 10.8. The topological polar surface area (TPSA) is 26.3 Å². The summed E-state index contributed by atoms with van der Waals surface area (Å²) >= 11 is 3.42. The molecule has 0 amide bonds. The molecule has 1 aromatic carbocycles. The largest absolute Gasteiger partial charge is 0.468 e. The first-order valence-corrected chi connectivity index (χ1v) is 5.24. The minimum absolute atomic E-state index is 0.127. The van der Waals surface area contributed by atoms with Crippen LogP contribution in [0.4, 0.5) is 0 Å². The zero-order chi connectivity index (χ0) is 11.3. The molecule has 0 aromatic heterocycles. The van der Waals surface area contributed by atoms with Crippen molar-refractivity contribution in [3.63, 3.8) is 0 Å². The number of hydrogen-bond donors (Lipinski definition) is 0. The number of methoxy groups -OCH3 is 1. The van der Waals surface area contributed by atoms with Crippen LogP contribution in [0.3, 0.4) is 0 Å². The minimum Gasteiger partial charge on any atom is -0.468 e. The van der Waals surface area contributed by atoms with Gasteiger partial charge < -0.3 is 4.74 Å². The number of esters is 1. The Morgan fingerprint density at radius 3 is 2.87 bits per heavy atom. The second kappa shape index (κ2) is 5.57. The SMILES string of the molecule is COC(=O)CC#Cc1ccc(C)c(Br)c1. The Bertz CT molecular complexity index is 427. The molecule has 15 heavy (non-hydrogen) atoms. The van der Waals surface area contributed by atoms with Gasteiger partial charge in [-0.15, -0.1) is 0 Å². The van der Waals surface area contributed by atoms with Crippen LogP contribution in [0.5, 0.6) is 0 Å². The molecule has 1 aromatic rings. The molecule has 0 saturated carbocycles. The lowest BCUT2D eigenvalue weighted by Gasteiger charge is -1.97. The van der Waals surface area contributed by atoms with E-state index in [1.54, 1.807) is 0 Å². The summed E-state index contributed by atoms with van der Waals surface area (Å²) in [6, 6.07) is 5.83. The number of aryl methyl sites for hydroxylation is 1. The lowest BCUT2D eigenvalue weighted by Crippen LogP contribution is -1.97. The van der Waals surface area contributed by atoms with Crippen molar-refractivity contribution in [2.24, 2.45) is 0 Å². The molecular formula is C12H11BrO2. The smallest absolute Gasteiger partial charge is 0.317 e. The Labute approximate surface area is 97.8 Å². The van der Waals surface area contributed by atoms with Crippen molar-refractivity contribution in [2.45, 2.75) is 13.3 Å². The average Bonchev–Trinajstić information content (AvgIpc) is 2.23. The van der Waals surface area contributed by atoms with Crippen LogP contribution in [-0.4, -0.2) is 13.1 Å². The highest BCUT2D eigenvalue weighted by molar-refractivity contribution is 9.10. The van der Waals surface area contributed by atoms with Gasteiger partial charge in [-0.05, 0) is 24.6 Å². The van der Waals surface area contributed by atoms with Gasteiger partial charge in [-0.25, -0.2) is 0 Å². The maximum Gasteiger partial charge on any atom is 0.317 e. The predicted molar refractivity (Wildman–Crippen MR) is 62.4 cm³/mol. The van der Waals surface area contributed by atoms with E-state index >= 15 is 0 Å². The molecule has 0 radical (unpaired) electrons. The number of ether oxygens (including phenoxy) is 1. The molecule has 0 atom stereocenters. The van der Waals surface area contributed by atoms with Crippen molar-refractivity contribution in [1.82, 2.24) is 0 Å².